The minimum atomic E-state index is -1.26. The molecule has 0 unspecified atom stereocenters. The van der Waals surface area contributed by atoms with Crippen LogP contribution in [0.15, 0.2) is 18.2 Å². The summed E-state index contributed by atoms with van der Waals surface area (Å²) in [5, 5.41) is 2.50. The number of hydrogen-bond donors (Lipinski definition) is 2. The number of amides is 3. The van der Waals surface area contributed by atoms with Gasteiger partial charge in [-0.05, 0) is 29.0 Å². The highest BCUT2D eigenvalue weighted by atomic mass is 19.1. The molecule has 0 aromatic heterocycles. The maximum absolute atomic E-state index is 14.8. The van der Waals surface area contributed by atoms with Crippen LogP contribution in [0.25, 0.3) is 0 Å². The zero-order valence-corrected chi connectivity index (χ0v) is 19.8. The van der Waals surface area contributed by atoms with E-state index < -0.39 is 23.7 Å². The van der Waals surface area contributed by atoms with Gasteiger partial charge in [0.15, 0.2) is 6.04 Å². The number of benzene rings is 1. The lowest BCUT2D eigenvalue weighted by atomic mass is 9.90. The van der Waals surface area contributed by atoms with Crippen LogP contribution in [0.5, 0.6) is 0 Å². The van der Waals surface area contributed by atoms with E-state index in [0.29, 0.717) is 31.9 Å². The lowest BCUT2D eigenvalue weighted by Gasteiger charge is -2.38. The smallest absolute Gasteiger partial charge is 0.253 e. The third kappa shape index (κ3) is 7.27. The number of halogens is 1. The van der Waals surface area contributed by atoms with Gasteiger partial charge in [0, 0.05) is 25.3 Å². The molecule has 3 N–H and O–H groups in total. The molecule has 1 saturated heterocycles. The fourth-order valence-electron chi connectivity index (χ4n) is 3.70. The minimum absolute atomic E-state index is 0.0578. The molecule has 1 aromatic rings. The Morgan fingerprint density at radius 2 is 1.78 bits per heavy atom. The number of nitrogens with zero attached hydrogens (tertiary/aromatic N) is 2. The van der Waals surface area contributed by atoms with Crippen LogP contribution in [-0.2, 0) is 19.1 Å². The zero-order valence-electron chi connectivity index (χ0n) is 19.8. The van der Waals surface area contributed by atoms with E-state index in [1.165, 1.54) is 17.0 Å². The molecular formula is C23H35FN4O4. The molecule has 3 amide bonds. The third-order valence-corrected chi connectivity index (χ3v) is 4.75. The molecule has 1 fully saturated rings. The summed E-state index contributed by atoms with van der Waals surface area (Å²) in [5.74, 6) is -2.47. The molecule has 0 spiro atoms. The Kier molecular flexibility index (Phi) is 8.01. The molecule has 1 aliphatic heterocycles. The van der Waals surface area contributed by atoms with Gasteiger partial charge in [0.05, 0.1) is 12.3 Å². The molecule has 178 valence electrons. The second-order valence-electron chi connectivity index (χ2n) is 10.6. The van der Waals surface area contributed by atoms with Crippen molar-refractivity contribution >= 4 is 29.1 Å². The number of carbonyl (C=O) groups is 3. The first-order valence-corrected chi connectivity index (χ1v) is 10.7. The van der Waals surface area contributed by atoms with Crippen molar-refractivity contribution in [1.29, 1.82) is 0 Å². The summed E-state index contributed by atoms with van der Waals surface area (Å²) < 4.78 is 19.9. The maximum atomic E-state index is 14.8. The Morgan fingerprint density at radius 3 is 2.25 bits per heavy atom. The first-order valence-electron chi connectivity index (χ1n) is 10.7. The predicted octanol–water partition coefficient (Wildman–Crippen LogP) is 2.38. The maximum Gasteiger partial charge on any atom is 0.253 e. The molecule has 1 aromatic carbocycles. The molecule has 2 rings (SSSR count). The van der Waals surface area contributed by atoms with Crippen LogP contribution in [0.1, 0.15) is 41.5 Å². The standard InChI is InChI=1S/C23H35FN4O4/c1-22(2,3)13-27(14-23(4,5)6)19(20(25)30)21(31)26-17-8-7-15(11-16(17)24)28-9-10-32-12-18(28)29/h7-8,11,19H,9-10,12-14H2,1-6H3,(H2,25,30)(H,26,31)/t19-/m1/s1. The van der Waals surface area contributed by atoms with Crippen molar-refractivity contribution in [1.82, 2.24) is 4.90 Å². The van der Waals surface area contributed by atoms with Crippen molar-refractivity contribution in [2.24, 2.45) is 16.6 Å². The van der Waals surface area contributed by atoms with Gasteiger partial charge in [0.25, 0.3) is 11.8 Å². The molecule has 8 nitrogen and oxygen atoms in total. The summed E-state index contributed by atoms with van der Waals surface area (Å²) in [5.41, 5.74) is 5.51. The molecule has 0 radical (unpaired) electrons. The van der Waals surface area contributed by atoms with Crippen LogP contribution in [0.4, 0.5) is 15.8 Å². The Hall–Kier alpha value is -2.52. The molecule has 0 saturated carbocycles. The fourth-order valence-corrected chi connectivity index (χ4v) is 3.70. The highest BCUT2D eigenvalue weighted by Crippen LogP contribution is 2.26. The van der Waals surface area contributed by atoms with E-state index in [1.54, 1.807) is 11.0 Å². The number of primary amides is 1. The van der Waals surface area contributed by atoms with E-state index in [-0.39, 0.29) is 29.0 Å². The Bertz CT molecular complexity index is 845. The van der Waals surface area contributed by atoms with Gasteiger partial charge in [-0.25, -0.2) is 4.39 Å². The van der Waals surface area contributed by atoms with Crippen molar-refractivity contribution in [2.75, 3.05) is 43.1 Å². The van der Waals surface area contributed by atoms with Crippen LogP contribution >= 0.6 is 0 Å². The van der Waals surface area contributed by atoms with E-state index in [4.69, 9.17) is 10.5 Å². The summed E-state index contributed by atoms with van der Waals surface area (Å²) in [6, 6.07) is 2.85. The second-order valence-corrected chi connectivity index (χ2v) is 10.6. The number of carbonyl (C=O) groups excluding carboxylic acids is 3. The Labute approximate surface area is 189 Å². The molecule has 1 heterocycles. The molecule has 0 bridgehead atoms. The number of nitrogens with one attached hydrogen (secondary N) is 1. The highest BCUT2D eigenvalue weighted by Gasteiger charge is 2.36. The first kappa shape index (κ1) is 25.7. The number of rotatable bonds is 7. The van der Waals surface area contributed by atoms with E-state index in [1.807, 2.05) is 41.5 Å². The van der Waals surface area contributed by atoms with Crippen LogP contribution in [-0.4, -0.2) is 61.5 Å². The largest absolute Gasteiger partial charge is 0.370 e. The predicted molar refractivity (Wildman–Crippen MR) is 122 cm³/mol. The summed E-state index contributed by atoms with van der Waals surface area (Å²) in [6.07, 6.45) is 0. The number of morpholine rings is 1. The van der Waals surface area contributed by atoms with Crippen LogP contribution in [0.3, 0.4) is 0 Å². The van der Waals surface area contributed by atoms with Gasteiger partial charge in [-0.15, -0.1) is 0 Å². The van der Waals surface area contributed by atoms with E-state index in [2.05, 4.69) is 5.32 Å². The number of hydrogen-bond acceptors (Lipinski definition) is 5. The normalized spacial score (nSPS) is 16.2. The number of nitrogens with two attached hydrogens (primary N) is 1. The fraction of sp³-hybridized carbons (Fsp3) is 0.609. The van der Waals surface area contributed by atoms with Crippen molar-refractivity contribution in [2.45, 2.75) is 47.6 Å². The molecular weight excluding hydrogens is 415 g/mol. The number of ether oxygens (including phenoxy) is 1. The van der Waals surface area contributed by atoms with Crippen LogP contribution in [0, 0.1) is 16.6 Å². The molecule has 0 aliphatic carbocycles. The summed E-state index contributed by atoms with van der Waals surface area (Å²) in [7, 11) is 0. The van der Waals surface area contributed by atoms with Gasteiger partial charge in [0.1, 0.15) is 12.4 Å². The van der Waals surface area contributed by atoms with Gasteiger partial charge in [-0.3, -0.25) is 19.3 Å². The van der Waals surface area contributed by atoms with Gasteiger partial charge in [-0.2, -0.15) is 0 Å². The van der Waals surface area contributed by atoms with Crippen LogP contribution in [0.2, 0.25) is 0 Å². The third-order valence-electron chi connectivity index (χ3n) is 4.75. The quantitative estimate of drug-likeness (QED) is 0.621. The van der Waals surface area contributed by atoms with Crippen molar-refractivity contribution in [3.63, 3.8) is 0 Å². The average Bonchev–Trinajstić information content (AvgIpc) is 2.61. The lowest BCUT2D eigenvalue weighted by Crippen LogP contribution is -2.56. The summed E-state index contributed by atoms with van der Waals surface area (Å²) in [6.45, 7) is 13.6. The zero-order chi connectivity index (χ0) is 24.3. The summed E-state index contributed by atoms with van der Waals surface area (Å²) >= 11 is 0. The first-order chi connectivity index (χ1) is 14.7. The minimum Gasteiger partial charge on any atom is -0.370 e. The van der Waals surface area contributed by atoms with Crippen molar-refractivity contribution in [3.8, 4) is 0 Å². The van der Waals surface area contributed by atoms with Gasteiger partial charge >= 0.3 is 0 Å². The van der Waals surface area contributed by atoms with Crippen LogP contribution < -0.4 is 16.0 Å². The van der Waals surface area contributed by atoms with Gasteiger partial charge in [0.2, 0.25) is 5.91 Å². The van der Waals surface area contributed by atoms with E-state index in [9.17, 15) is 18.8 Å². The second kappa shape index (κ2) is 9.95. The highest BCUT2D eigenvalue weighted by molar-refractivity contribution is 6.09. The SMILES string of the molecule is CC(C)(C)CN(CC(C)(C)C)[C@H](C(N)=O)C(=O)Nc1ccc(N2CCOCC2=O)cc1F. The topological polar surface area (TPSA) is 105 Å². The van der Waals surface area contributed by atoms with Crippen molar-refractivity contribution < 1.29 is 23.5 Å². The Balaban J connectivity index is 2.26. The molecule has 32 heavy (non-hydrogen) atoms. The lowest BCUT2D eigenvalue weighted by molar-refractivity contribution is -0.133. The molecule has 9 heteroatoms. The Morgan fingerprint density at radius 1 is 1.19 bits per heavy atom. The average molecular weight is 451 g/mol. The summed E-state index contributed by atoms with van der Waals surface area (Å²) in [4.78, 5) is 40.5. The molecule has 1 aliphatic rings. The van der Waals surface area contributed by atoms with E-state index >= 15 is 0 Å². The monoisotopic (exact) mass is 450 g/mol. The van der Waals surface area contributed by atoms with Gasteiger partial charge < -0.3 is 20.7 Å². The molecule has 1 atom stereocenters. The van der Waals surface area contributed by atoms with Crippen molar-refractivity contribution in [3.05, 3.63) is 24.0 Å². The van der Waals surface area contributed by atoms with Gasteiger partial charge in [-0.1, -0.05) is 41.5 Å². The van der Waals surface area contributed by atoms with E-state index in [0.717, 1.165) is 0 Å². The number of anilines is 2.